The molecule has 27 heavy (non-hydrogen) atoms. The highest BCUT2D eigenvalue weighted by molar-refractivity contribution is 5.14. The molecule has 4 nitrogen and oxygen atoms in total. The fraction of sp³-hybridized carbons (Fsp3) is 0.391. The molecular weight excluding hydrogens is 340 g/mol. The smallest absolute Gasteiger partial charge is 0.116 e. The van der Waals surface area contributed by atoms with Crippen molar-refractivity contribution in [2.24, 2.45) is 0 Å². The molecule has 0 aliphatic carbocycles. The van der Waals surface area contributed by atoms with Crippen LogP contribution in [0.4, 0.5) is 0 Å². The molecule has 0 radical (unpaired) electrons. The highest BCUT2D eigenvalue weighted by Gasteiger charge is 2.45. The molecule has 1 unspecified atom stereocenters. The van der Waals surface area contributed by atoms with Gasteiger partial charge in [-0.2, -0.15) is 0 Å². The van der Waals surface area contributed by atoms with E-state index in [9.17, 15) is 5.11 Å². The third kappa shape index (κ3) is 5.27. The van der Waals surface area contributed by atoms with Crippen LogP contribution in [0, 0.1) is 0 Å². The predicted molar refractivity (Wildman–Crippen MR) is 105 cm³/mol. The van der Waals surface area contributed by atoms with Crippen LogP contribution in [0.25, 0.3) is 0 Å². The second kappa shape index (κ2) is 9.29. The molecule has 0 bridgehead atoms. The number of ether oxygens (including phenoxy) is 3. The molecule has 4 atom stereocenters. The van der Waals surface area contributed by atoms with Gasteiger partial charge in [-0.3, -0.25) is 0 Å². The normalized spacial score (nSPS) is 28.0. The van der Waals surface area contributed by atoms with Crippen molar-refractivity contribution in [2.45, 2.75) is 50.5 Å². The lowest BCUT2D eigenvalue weighted by molar-refractivity contribution is -0.239. The van der Waals surface area contributed by atoms with E-state index in [4.69, 9.17) is 14.2 Å². The van der Waals surface area contributed by atoms with E-state index in [0.717, 1.165) is 11.1 Å². The van der Waals surface area contributed by atoms with E-state index in [1.54, 1.807) is 6.08 Å². The molecule has 2 aromatic carbocycles. The molecule has 4 heteroatoms. The summed E-state index contributed by atoms with van der Waals surface area (Å²) in [6.07, 6.45) is 0.791. The summed E-state index contributed by atoms with van der Waals surface area (Å²) in [6, 6.07) is 20.0. The molecule has 2 aromatic rings. The SMILES string of the molecule is C=C[C@@H]1O[C@](C)(COCc2ccccc2)[C@H](OCc2ccccc2)CC1O. The highest BCUT2D eigenvalue weighted by atomic mass is 16.6. The lowest BCUT2D eigenvalue weighted by Gasteiger charge is -2.45. The van der Waals surface area contributed by atoms with Gasteiger partial charge in [-0.25, -0.2) is 0 Å². The lowest BCUT2D eigenvalue weighted by Crippen LogP contribution is -2.57. The Morgan fingerprint density at radius 2 is 1.67 bits per heavy atom. The summed E-state index contributed by atoms with van der Waals surface area (Å²) in [5.41, 5.74) is 1.53. The van der Waals surface area contributed by atoms with Crippen LogP contribution in [-0.2, 0) is 27.4 Å². The van der Waals surface area contributed by atoms with E-state index >= 15 is 0 Å². The molecule has 0 spiro atoms. The Morgan fingerprint density at radius 3 is 2.26 bits per heavy atom. The van der Waals surface area contributed by atoms with Crippen molar-refractivity contribution in [1.29, 1.82) is 0 Å². The molecule has 1 aliphatic heterocycles. The third-order valence-electron chi connectivity index (χ3n) is 4.95. The Balaban J connectivity index is 1.65. The number of benzene rings is 2. The van der Waals surface area contributed by atoms with Crippen LogP contribution < -0.4 is 0 Å². The summed E-state index contributed by atoms with van der Waals surface area (Å²) in [5.74, 6) is 0. The van der Waals surface area contributed by atoms with Crippen LogP contribution in [0.5, 0.6) is 0 Å². The van der Waals surface area contributed by atoms with Crippen LogP contribution in [0.3, 0.4) is 0 Å². The molecule has 0 aromatic heterocycles. The molecule has 1 N–H and O–H groups in total. The maximum Gasteiger partial charge on any atom is 0.116 e. The summed E-state index contributed by atoms with van der Waals surface area (Å²) < 4.78 is 18.3. The van der Waals surface area contributed by atoms with Crippen molar-refractivity contribution in [1.82, 2.24) is 0 Å². The van der Waals surface area contributed by atoms with Gasteiger partial charge in [0.2, 0.25) is 0 Å². The van der Waals surface area contributed by atoms with Crippen molar-refractivity contribution >= 4 is 0 Å². The first-order valence-electron chi connectivity index (χ1n) is 9.36. The molecule has 1 aliphatic rings. The van der Waals surface area contributed by atoms with E-state index in [1.165, 1.54) is 0 Å². The topological polar surface area (TPSA) is 47.9 Å². The average molecular weight is 368 g/mol. The second-order valence-electron chi connectivity index (χ2n) is 7.20. The van der Waals surface area contributed by atoms with Gasteiger partial charge in [0, 0.05) is 6.42 Å². The summed E-state index contributed by atoms with van der Waals surface area (Å²) >= 11 is 0. The summed E-state index contributed by atoms with van der Waals surface area (Å²) in [5, 5.41) is 10.4. The zero-order chi connectivity index (χ0) is 19.1. The lowest BCUT2D eigenvalue weighted by atomic mass is 9.88. The number of hydrogen-bond acceptors (Lipinski definition) is 4. The maximum atomic E-state index is 10.4. The van der Waals surface area contributed by atoms with E-state index in [1.807, 2.05) is 67.6 Å². The molecule has 3 rings (SSSR count). The minimum absolute atomic E-state index is 0.278. The first-order chi connectivity index (χ1) is 13.1. The van der Waals surface area contributed by atoms with Crippen molar-refractivity contribution in [3.05, 3.63) is 84.4 Å². The fourth-order valence-corrected chi connectivity index (χ4v) is 3.36. The Hall–Kier alpha value is -1.98. The molecule has 1 saturated heterocycles. The predicted octanol–water partition coefficient (Wildman–Crippen LogP) is 3.88. The molecule has 0 saturated carbocycles. The van der Waals surface area contributed by atoms with E-state index in [2.05, 4.69) is 6.58 Å². The number of hydrogen-bond donors (Lipinski definition) is 1. The minimum atomic E-state index is -0.665. The van der Waals surface area contributed by atoms with Gasteiger partial charge < -0.3 is 19.3 Å². The van der Waals surface area contributed by atoms with E-state index in [0.29, 0.717) is 26.2 Å². The van der Waals surface area contributed by atoms with Gasteiger partial charge in [-0.15, -0.1) is 6.58 Å². The second-order valence-corrected chi connectivity index (χ2v) is 7.20. The maximum absolute atomic E-state index is 10.4. The van der Waals surface area contributed by atoms with Gasteiger partial charge in [0.05, 0.1) is 32.0 Å². The van der Waals surface area contributed by atoms with Crippen molar-refractivity contribution in [3.8, 4) is 0 Å². The van der Waals surface area contributed by atoms with E-state index in [-0.39, 0.29) is 6.10 Å². The minimum Gasteiger partial charge on any atom is -0.390 e. The van der Waals surface area contributed by atoms with Gasteiger partial charge >= 0.3 is 0 Å². The average Bonchev–Trinajstić information content (AvgIpc) is 2.70. The van der Waals surface area contributed by atoms with Gasteiger partial charge in [0.1, 0.15) is 11.7 Å². The first kappa shape index (κ1) is 19.8. The van der Waals surface area contributed by atoms with Crippen LogP contribution in [0.1, 0.15) is 24.5 Å². The van der Waals surface area contributed by atoms with E-state index < -0.39 is 17.8 Å². The summed E-state index contributed by atoms with van der Waals surface area (Å²) in [6.45, 7) is 7.11. The zero-order valence-electron chi connectivity index (χ0n) is 15.8. The Morgan fingerprint density at radius 1 is 1.07 bits per heavy atom. The molecular formula is C23H28O4. The van der Waals surface area contributed by atoms with Crippen molar-refractivity contribution < 1.29 is 19.3 Å². The molecule has 0 amide bonds. The number of aliphatic hydroxyl groups excluding tert-OH is 1. The fourth-order valence-electron chi connectivity index (χ4n) is 3.36. The quantitative estimate of drug-likeness (QED) is 0.719. The van der Waals surface area contributed by atoms with Crippen LogP contribution >= 0.6 is 0 Å². The van der Waals surface area contributed by atoms with Crippen LogP contribution in [0.15, 0.2) is 73.3 Å². The van der Waals surface area contributed by atoms with Crippen LogP contribution in [0.2, 0.25) is 0 Å². The zero-order valence-corrected chi connectivity index (χ0v) is 15.8. The third-order valence-corrected chi connectivity index (χ3v) is 4.95. The number of rotatable bonds is 8. The van der Waals surface area contributed by atoms with Crippen molar-refractivity contribution in [2.75, 3.05) is 6.61 Å². The van der Waals surface area contributed by atoms with Crippen molar-refractivity contribution in [3.63, 3.8) is 0 Å². The molecule has 144 valence electrons. The monoisotopic (exact) mass is 368 g/mol. The Labute approximate surface area is 161 Å². The molecule has 1 fully saturated rings. The standard InChI is InChI=1S/C23H28O4/c1-3-21-20(24)14-22(26-16-19-12-8-5-9-13-19)23(2,27-21)17-25-15-18-10-6-4-7-11-18/h3-13,20-22,24H,1,14-17H2,2H3/t20?,21-,22+,23+/m0/s1. The Kier molecular flexibility index (Phi) is 6.80. The van der Waals surface area contributed by atoms with Gasteiger partial charge in [0.15, 0.2) is 0 Å². The first-order valence-corrected chi connectivity index (χ1v) is 9.36. The largest absolute Gasteiger partial charge is 0.390 e. The number of aliphatic hydroxyl groups is 1. The van der Waals surface area contributed by atoms with Gasteiger partial charge in [-0.1, -0.05) is 66.7 Å². The van der Waals surface area contributed by atoms with Gasteiger partial charge in [0.25, 0.3) is 0 Å². The summed E-state index contributed by atoms with van der Waals surface area (Å²) in [7, 11) is 0. The highest BCUT2D eigenvalue weighted by Crippen LogP contribution is 2.33. The van der Waals surface area contributed by atoms with Crippen LogP contribution in [-0.4, -0.2) is 35.6 Å². The molecule has 1 heterocycles. The summed E-state index contributed by atoms with van der Waals surface area (Å²) in [4.78, 5) is 0. The Bertz CT molecular complexity index is 703. The van der Waals surface area contributed by atoms with Gasteiger partial charge in [-0.05, 0) is 18.1 Å².